The molecule has 0 spiro atoms. The molecule has 2 N–H and O–H groups in total. The molecule has 1 aliphatic rings. The average Bonchev–Trinajstić information content (AvgIpc) is 2.27. The Kier molecular flexibility index (Phi) is 2.83. The van der Waals surface area contributed by atoms with Gasteiger partial charge in [0.2, 0.25) is 0 Å². The molecule has 0 amide bonds. The fraction of sp³-hybridized carbons (Fsp3) is 0.600. The molecule has 0 bridgehead atoms. The predicted molar refractivity (Wildman–Crippen MR) is 63.9 cm³/mol. The Morgan fingerprint density at radius 3 is 2.86 bits per heavy atom. The molecule has 0 saturated heterocycles. The van der Waals surface area contributed by atoms with Crippen molar-refractivity contribution in [1.29, 1.82) is 0 Å². The van der Waals surface area contributed by atoms with Crippen LogP contribution in [-0.2, 0) is 6.42 Å². The van der Waals surface area contributed by atoms with Gasteiger partial charge in [0, 0.05) is 17.2 Å². The quantitative estimate of drug-likeness (QED) is 0.805. The Labute approximate surface area is 93.5 Å². The lowest BCUT2D eigenvalue weighted by atomic mass is 9.82. The van der Waals surface area contributed by atoms with E-state index in [1.165, 1.54) is 29.8 Å². The third-order valence-electron chi connectivity index (χ3n) is 2.69. The maximum absolute atomic E-state index is 5.50. The summed E-state index contributed by atoms with van der Waals surface area (Å²) in [7, 11) is 0. The third kappa shape index (κ3) is 1.96. The SMILES string of the molecule is Cc1sc(CC(N)=S)nc1C1CCC1. The topological polar surface area (TPSA) is 38.9 Å². The zero-order chi connectivity index (χ0) is 10.1. The summed E-state index contributed by atoms with van der Waals surface area (Å²) in [5, 5.41) is 1.08. The molecule has 1 aliphatic carbocycles. The van der Waals surface area contributed by atoms with Crippen molar-refractivity contribution < 1.29 is 0 Å². The molecule has 76 valence electrons. The van der Waals surface area contributed by atoms with Crippen LogP contribution in [0.2, 0.25) is 0 Å². The molecule has 4 heteroatoms. The first-order valence-corrected chi connectivity index (χ1v) is 6.14. The highest BCUT2D eigenvalue weighted by Gasteiger charge is 2.24. The van der Waals surface area contributed by atoms with Gasteiger partial charge in [0.15, 0.2) is 0 Å². The first-order valence-electron chi connectivity index (χ1n) is 4.91. The van der Waals surface area contributed by atoms with Gasteiger partial charge >= 0.3 is 0 Å². The highest BCUT2D eigenvalue weighted by molar-refractivity contribution is 7.80. The summed E-state index contributed by atoms with van der Waals surface area (Å²) in [6.45, 7) is 2.15. The number of hydrogen-bond donors (Lipinski definition) is 1. The number of thiocarbonyl (C=S) groups is 1. The highest BCUT2D eigenvalue weighted by Crippen LogP contribution is 2.38. The summed E-state index contributed by atoms with van der Waals surface area (Å²) in [5.41, 5.74) is 6.80. The number of hydrogen-bond acceptors (Lipinski definition) is 3. The van der Waals surface area contributed by atoms with Crippen molar-refractivity contribution in [3.63, 3.8) is 0 Å². The Hall–Kier alpha value is -0.480. The van der Waals surface area contributed by atoms with Crippen LogP contribution in [0.4, 0.5) is 0 Å². The molecular formula is C10H14N2S2. The predicted octanol–water partition coefficient (Wildman–Crippen LogP) is 2.55. The molecule has 0 radical (unpaired) electrons. The second-order valence-corrected chi connectivity index (χ2v) is 5.63. The zero-order valence-corrected chi connectivity index (χ0v) is 9.88. The first kappa shape index (κ1) is 10.1. The number of aromatic nitrogens is 1. The Balaban J connectivity index is 2.16. The number of thiazole rings is 1. The summed E-state index contributed by atoms with van der Waals surface area (Å²) >= 11 is 6.62. The van der Waals surface area contributed by atoms with Crippen LogP contribution in [0.5, 0.6) is 0 Å². The van der Waals surface area contributed by atoms with Crippen molar-refractivity contribution in [2.24, 2.45) is 5.73 Å². The molecule has 14 heavy (non-hydrogen) atoms. The first-order chi connectivity index (χ1) is 6.66. The van der Waals surface area contributed by atoms with Crippen LogP contribution in [0.3, 0.4) is 0 Å². The van der Waals surface area contributed by atoms with Crippen LogP contribution < -0.4 is 5.73 Å². The molecule has 1 aromatic heterocycles. The van der Waals surface area contributed by atoms with E-state index in [9.17, 15) is 0 Å². The molecular weight excluding hydrogens is 212 g/mol. The van der Waals surface area contributed by atoms with Gasteiger partial charge in [-0.05, 0) is 19.8 Å². The molecule has 0 unspecified atom stereocenters. The van der Waals surface area contributed by atoms with Crippen molar-refractivity contribution >= 4 is 28.5 Å². The van der Waals surface area contributed by atoms with Crippen molar-refractivity contribution in [2.75, 3.05) is 0 Å². The fourth-order valence-electron chi connectivity index (χ4n) is 1.75. The van der Waals surface area contributed by atoms with Crippen LogP contribution in [0.1, 0.15) is 40.8 Å². The summed E-state index contributed by atoms with van der Waals surface area (Å²) in [6.07, 6.45) is 4.62. The molecule has 2 rings (SSSR count). The summed E-state index contributed by atoms with van der Waals surface area (Å²) in [4.78, 5) is 6.51. The van der Waals surface area contributed by atoms with Gasteiger partial charge in [0.25, 0.3) is 0 Å². The van der Waals surface area contributed by atoms with Gasteiger partial charge < -0.3 is 5.73 Å². The van der Waals surface area contributed by atoms with E-state index >= 15 is 0 Å². The lowest BCUT2D eigenvalue weighted by molar-refractivity contribution is 0.411. The summed E-state index contributed by atoms with van der Waals surface area (Å²) < 4.78 is 0. The van der Waals surface area contributed by atoms with Gasteiger partial charge in [-0.1, -0.05) is 18.6 Å². The van der Waals surface area contributed by atoms with Crippen LogP contribution in [0, 0.1) is 6.92 Å². The smallest absolute Gasteiger partial charge is 0.0998 e. The van der Waals surface area contributed by atoms with E-state index in [0.717, 1.165) is 5.01 Å². The number of aryl methyl sites for hydroxylation is 1. The largest absolute Gasteiger partial charge is 0.393 e. The number of rotatable bonds is 3. The Morgan fingerprint density at radius 2 is 2.36 bits per heavy atom. The minimum atomic E-state index is 0.541. The second-order valence-electron chi connectivity index (χ2n) is 3.82. The molecule has 2 nitrogen and oxygen atoms in total. The maximum atomic E-state index is 5.50. The maximum Gasteiger partial charge on any atom is 0.0998 e. The van der Waals surface area contributed by atoms with Gasteiger partial charge in [0.05, 0.1) is 15.7 Å². The van der Waals surface area contributed by atoms with E-state index in [0.29, 0.717) is 17.3 Å². The second kappa shape index (κ2) is 3.95. The van der Waals surface area contributed by atoms with Crippen molar-refractivity contribution in [3.8, 4) is 0 Å². The van der Waals surface area contributed by atoms with E-state index in [1.807, 2.05) is 0 Å². The van der Waals surface area contributed by atoms with E-state index in [-0.39, 0.29) is 0 Å². The third-order valence-corrected chi connectivity index (χ3v) is 3.83. The van der Waals surface area contributed by atoms with Gasteiger partial charge in [-0.2, -0.15) is 0 Å². The lowest BCUT2D eigenvalue weighted by Crippen LogP contribution is -2.12. The monoisotopic (exact) mass is 226 g/mol. The Bertz CT molecular complexity index is 353. The van der Waals surface area contributed by atoms with Gasteiger partial charge in [0.1, 0.15) is 0 Å². The van der Waals surface area contributed by atoms with Crippen LogP contribution in [0.25, 0.3) is 0 Å². The van der Waals surface area contributed by atoms with Gasteiger partial charge in [-0.3, -0.25) is 0 Å². The van der Waals surface area contributed by atoms with Crippen LogP contribution >= 0.6 is 23.6 Å². The van der Waals surface area contributed by atoms with Crippen molar-refractivity contribution in [2.45, 2.75) is 38.5 Å². The average molecular weight is 226 g/mol. The van der Waals surface area contributed by atoms with Crippen LogP contribution in [0.15, 0.2) is 0 Å². The molecule has 1 saturated carbocycles. The minimum Gasteiger partial charge on any atom is -0.393 e. The summed E-state index contributed by atoms with van der Waals surface area (Å²) in [5.74, 6) is 0.714. The fourth-order valence-corrected chi connectivity index (χ4v) is 3.02. The van der Waals surface area contributed by atoms with Gasteiger partial charge in [-0.15, -0.1) is 11.3 Å². The molecule has 0 aromatic carbocycles. The number of nitrogens with zero attached hydrogens (tertiary/aromatic N) is 1. The Morgan fingerprint density at radius 1 is 1.64 bits per heavy atom. The number of nitrogens with two attached hydrogens (primary N) is 1. The molecule has 1 heterocycles. The lowest BCUT2D eigenvalue weighted by Gasteiger charge is -2.24. The van der Waals surface area contributed by atoms with Gasteiger partial charge in [-0.25, -0.2) is 4.98 Å². The van der Waals surface area contributed by atoms with E-state index in [1.54, 1.807) is 11.3 Å². The normalized spacial score (nSPS) is 16.6. The molecule has 0 atom stereocenters. The molecule has 1 fully saturated rings. The van der Waals surface area contributed by atoms with E-state index < -0.39 is 0 Å². The van der Waals surface area contributed by atoms with Crippen LogP contribution in [-0.4, -0.2) is 9.97 Å². The van der Waals surface area contributed by atoms with Crippen molar-refractivity contribution in [1.82, 2.24) is 4.98 Å². The highest BCUT2D eigenvalue weighted by atomic mass is 32.1. The zero-order valence-electron chi connectivity index (χ0n) is 8.25. The van der Waals surface area contributed by atoms with E-state index in [4.69, 9.17) is 18.0 Å². The summed E-state index contributed by atoms with van der Waals surface area (Å²) in [6, 6.07) is 0. The van der Waals surface area contributed by atoms with E-state index in [2.05, 4.69) is 11.9 Å². The molecule has 1 aromatic rings. The minimum absolute atomic E-state index is 0.541. The standard InChI is InChI=1S/C10H14N2S2/c1-6-10(7-3-2-4-7)12-9(14-6)5-8(11)13/h7H,2-5H2,1H3,(H2,11,13). The van der Waals surface area contributed by atoms with Crippen molar-refractivity contribution in [3.05, 3.63) is 15.6 Å². The molecule has 0 aliphatic heterocycles.